The number of carbonyl (C=O) groups excluding carboxylic acids is 1. The highest BCUT2D eigenvalue weighted by Crippen LogP contribution is 2.38. The van der Waals surface area contributed by atoms with Crippen molar-refractivity contribution in [2.75, 3.05) is 6.61 Å². The molecule has 33 heavy (non-hydrogen) atoms. The average Bonchev–Trinajstić information content (AvgIpc) is 3.15. The predicted molar refractivity (Wildman–Crippen MR) is 136 cm³/mol. The topological polar surface area (TPSA) is 57.1 Å². The second kappa shape index (κ2) is 10.5. The van der Waals surface area contributed by atoms with Gasteiger partial charge in [-0.1, -0.05) is 18.2 Å². The summed E-state index contributed by atoms with van der Waals surface area (Å²) >= 11 is 5.70. The number of carbonyl (C=O) groups is 1. The lowest BCUT2D eigenvalue weighted by Crippen LogP contribution is -2.05. The van der Waals surface area contributed by atoms with Crippen LogP contribution in [-0.4, -0.2) is 18.5 Å². The molecule has 1 aliphatic heterocycles. The Bertz CT molecular complexity index is 1260. The van der Waals surface area contributed by atoms with E-state index in [1.807, 2.05) is 31.2 Å². The van der Waals surface area contributed by atoms with Crippen molar-refractivity contribution in [3.63, 3.8) is 0 Å². The quantitative estimate of drug-likeness (QED) is 0.171. The molecule has 0 aromatic heterocycles. The van der Waals surface area contributed by atoms with Crippen LogP contribution in [0.5, 0.6) is 11.5 Å². The van der Waals surface area contributed by atoms with Gasteiger partial charge in [-0.15, -0.1) is 0 Å². The van der Waals surface area contributed by atoms with Crippen molar-refractivity contribution < 1.29 is 23.4 Å². The van der Waals surface area contributed by atoms with Crippen LogP contribution in [0.1, 0.15) is 23.6 Å². The van der Waals surface area contributed by atoms with E-state index >= 15 is 0 Å². The molecule has 0 amide bonds. The summed E-state index contributed by atoms with van der Waals surface area (Å²) in [6, 6.07) is 17.5. The Hall–Kier alpha value is -2.72. The molecule has 0 bridgehead atoms. The summed E-state index contributed by atoms with van der Waals surface area (Å²) in [6.45, 7) is 2.30. The van der Waals surface area contributed by atoms with Crippen LogP contribution >= 0.6 is 38.5 Å². The van der Waals surface area contributed by atoms with Crippen LogP contribution in [0.3, 0.4) is 0 Å². The second-order valence-corrected chi connectivity index (χ2v) is 9.09. The molecule has 0 N–H and O–H groups in total. The SMILES string of the molecule is CCOc1cc(/C=C2\N=C(c3ccc(I)cc3)OC2=O)cc(Br)c1OCc1ccccc1F. The molecule has 3 aromatic carbocycles. The Labute approximate surface area is 212 Å². The maximum atomic E-state index is 14.0. The molecule has 5 nitrogen and oxygen atoms in total. The van der Waals surface area contributed by atoms with Crippen LogP contribution in [0.15, 0.2) is 75.8 Å². The molecule has 0 radical (unpaired) electrons. The molecule has 0 saturated carbocycles. The van der Waals surface area contributed by atoms with E-state index in [-0.39, 0.29) is 24.0 Å². The number of esters is 1. The van der Waals surface area contributed by atoms with Gasteiger partial charge >= 0.3 is 5.97 Å². The van der Waals surface area contributed by atoms with Crippen LogP contribution in [-0.2, 0) is 16.1 Å². The summed E-state index contributed by atoms with van der Waals surface area (Å²) < 4.78 is 32.6. The molecule has 0 saturated heterocycles. The van der Waals surface area contributed by atoms with Crippen molar-refractivity contribution in [1.82, 2.24) is 0 Å². The molecule has 1 heterocycles. The average molecular weight is 622 g/mol. The monoisotopic (exact) mass is 621 g/mol. The van der Waals surface area contributed by atoms with Crippen molar-refractivity contribution in [3.05, 3.63) is 96.9 Å². The molecule has 0 atom stereocenters. The Balaban J connectivity index is 1.61. The number of benzene rings is 3. The van der Waals surface area contributed by atoms with Crippen molar-refractivity contribution in [1.29, 1.82) is 0 Å². The number of nitrogens with zero attached hydrogens (tertiary/aromatic N) is 1. The summed E-state index contributed by atoms with van der Waals surface area (Å²) in [7, 11) is 0. The van der Waals surface area contributed by atoms with Crippen molar-refractivity contribution >= 4 is 56.5 Å². The Morgan fingerprint density at radius 1 is 1.12 bits per heavy atom. The standard InChI is InChI=1S/C25H18BrFINO4/c1-2-31-22-13-15(11-19(26)23(22)32-14-17-5-3-4-6-20(17)27)12-21-25(30)33-24(29-21)16-7-9-18(28)10-8-16/h3-13H,2,14H2,1H3/b21-12-. The van der Waals surface area contributed by atoms with Gasteiger partial charge in [0.15, 0.2) is 17.2 Å². The van der Waals surface area contributed by atoms with Gasteiger partial charge in [0, 0.05) is 14.7 Å². The van der Waals surface area contributed by atoms with Crippen molar-refractivity contribution in [2.45, 2.75) is 13.5 Å². The van der Waals surface area contributed by atoms with Gasteiger partial charge in [-0.2, -0.15) is 0 Å². The van der Waals surface area contributed by atoms with Crippen LogP contribution < -0.4 is 9.47 Å². The lowest BCUT2D eigenvalue weighted by Gasteiger charge is -2.15. The maximum absolute atomic E-state index is 14.0. The summed E-state index contributed by atoms with van der Waals surface area (Å²) in [5.41, 5.74) is 2.01. The van der Waals surface area contributed by atoms with E-state index in [1.54, 1.807) is 36.4 Å². The second-order valence-electron chi connectivity index (χ2n) is 6.99. The number of hydrogen-bond donors (Lipinski definition) is 0. The van der Waals surface area contributed by atoms with E-state index in [0.717, 1.165) is 9.13 Å². The van der Waals surface area contributed by atoms with E-state index < -0.39 is 5.97 Å². The third-order valence-corrected chi connectivity index (χ3v) is 5.98. The first-order chi connectivity index (χ1) is 15.9. The molecular weight excluding hydrogens is 604 g/mol. The first-order valence-corrected chi connectivity index (χ1v) is 11.9. The Morgan fingerprint density at radius 2 is 1.88 bits per heavy atom. The zero-order chi connectivity index (χ0) is 23.4. The van der Waals surface area contributed by atoms with Gasteiger partial charge in [0.05, 0.1) is 11.1 Å². The Morgan fingerprint density at radius 3 is 2.61 bits per heavy atom. The summed E-state index contributed by atoms with van der Waals surface area (Å²) in [5.74, 6) is 0.297. The van der Waals surface area contributed by atoms with Crippen LogP contribution in [0, 0.1) is 9.39 Å². The third kappa shape index (κ3) is 5.62. The van der Waals surface area contributed by atoms with Gasteiger partial charge < -0.3 is 14.2 Å². The number of ether oxygens (including phenoxy) is 3. The van der Waals surface area contributed by atoms with Gasteiger partial charge in [-0.05, 0) is 99.5 Å². The molecule has 3 aromatic rings. The molecule has 0 spiro atoms. The third-order valence-electron chi connectivity index (χ3n) is 4.68. The first kappa shape index (κ1) is 23.4. The van der Waals surface area contributed by atoms with Crippen LogP contribution in [0.25, 0.3) is 6.08 Å². The largest absolute Gasteiger partial charge is 0.490 e. The number of halogens is 3. The fraction of sp³-hybridized carbons (Fsp3) is 0.120. The minimum atomic E-state index is -0.530. The zero-order valence-corrected chi connectivity index (χ0v) is 21.2. The minimum Gasteiger partial charge on any atom is -0.490 e. The fourth-order valence-corrected chi connectivity index (χ4v) is 4.06. The van der Waals surface area contributed by atoms with E-state index in [0.29, 0.717) is 33.7 Å². The van der Waals surface area contributed by atoms with Crippen LogP contribution in [0.4, 0.5) is 4.39 Å². The van der Waals surface area contributed by atoms with Gasteiger partial charge in [-0.3, -0.25) is 0 Å². The number of hydrogen-bond acceptors (Lipinski definition) is 5. The number of cyclic esters (lactones) is 1. The molecule has 0 unspecified atom stereocenters. The van der Waals surface area contributed by atoms with Gasteiger partial charge in [-0.25, -0.2) is 14.2 Å². The van der Waals surface area contributed by atoms with Gasteiger partial charge in [0.25, 0.3) is 0 Å². The number of aliphatic imine (C=N–C) groups is 1. The highest BCUT2D eigenvalue weighted by Gasteiger charge is 2.24. The summed E-state index contributed by atoms with van der Waals surface area (Å²) in [5, 5.41) is 0. The van der Waals surface area contributed by atoms with E-state index in [9.17, 15) is 9.18 Å². The van der Waals surface area contributed by atoms with Crippen molar-refractivity contribution in [3.8, 4) is 11.5 Å². The highest BCUT2D eigenvalue weighted by molar-refractivity contribution is 14.1. The first-order valence-electron chi connectivity index (χ1n) is 10.1. The van der Waals surface area contributed by atoms with Gasteiger partial charge in [0.2, 0.25) is 5.90 Å². The zero-order valence-electron chi connectivity index (χ0n) is 17.5. The summed E-state index contributed by atoms with van der Waals surface area (Å²) in [4.78, 5) is 16.7. The van der Waals surface area contributed by atoms with Gasteiger partial charge in [0.1, 0.15) is 12.4 Å². The molecule has 1 aliphatic rings. The molecule has 168 valence electrons. The molecule has 4 rings (SSSR count). The van der Waals surface area contributed by atoms with E-state index in [4.69, 9.17) is 14.2 Å². The molecule has 0 aliphatic carbocycles. The number of rotatable bonds is 7. The lowest BCUT2D eigenvalue weighted by atomic mass is 10.1. The molecular formula is C25H18BrFINO4. The maximum Gasteiger partial charge on any atom is 0.363 e. The predicted octanol–water partition coefficient (Wildman–Crippen LogP) is 6.52. The normalized spacial score (nSPS) is 14.2. The smallest absolute Gasteiger partial charge is 0.363 e. The lowest BCUT2D eigenvalue weighted by molar-refractivity contribution is -0.129. The van der Waals surface area contributed by atoms with Crippen molar-refractivity contribution in [2.24, 2.45) is 4.99 Å². The minimum absolute atomic E-state index is 0.0434. The molecule has 0 fully saturated rings. The molecule has 8 heteroatoms. The highest BCUT2D eigenvalue weighted by atomic mass is 127. The Kier molecular flexibility index (Phi) is 7.44. The van der Waals surface area contributed by atoms with E-state index in [1.165, 1.54) is 6.07 Å². The van der Waals surface area contributed by atoms with E-state index in [2.05, 4.69) is 43.5 Å². The van der Waals surface area contributed by atoms with Crippen LogP contribution in [0.2, 0.25) is 0 Å². The fourth-order valence-electron chi connectivity index (χ4n) is 3.12. The summed E-state index contributed by atoms with van der Waals surface area (Å²) in [6.07, 6.45) is 1.62.